The molecule has 2 heteroatoms. The lowest BCUT2D eigenvalue weighted by Crippen LogP contribution is -2.08. The van der Waals surface area contributed by atoms with E-state index in [-0.39, 0.29) is 0 Å². The minimum Gasteiger partial charge on any atom is -0.350 e. The van der Waals surface area contributed by atoms with Gasteiger partial charge in [0.2, 0.25) is 0 Å². The van der Waals surface area contributed by atoms with Gasteiger partial charge in [-0.1, -0.05) is 13.2 Å². The monoisotopic (exact) mass is 111 g/mol. The minimum atomic E-state index is 0.417. The second kappa shape index (κ2) is 3.02. The van der Waals surface area contributed by atoms with E-state index in [0.717, 1.165) is 0 Å². The molecule has 0 saturated heterocycles. The Morgan fingerprint density at radius 3 is 2.38 bits per heavy atom. The predicted molar refractivity (Wildman–Crippen MR) is 33.2 cm³/mol. The Kier molecular flexibility index (Phi) is 2.62. The molecule has 0 saturated carbocycles. The molecule has 0 aliphatic heterocycles. The summed E-state index contributed by atoms with van der Waals surface area (Å²) in [6, 6.07) is 0. The third-order valence-corrected chi connectivity index (χ3v) is 0.863. The molecule has 0 aromatic carbocycles. The summed E-state index contributed by atoms with van der Waals surface area (Å²) in [6.07, 6.45) is 2.21. The summed E-state index contributed by atoms with van der Waals surface area (Å²) in [5, 5.41) is 0. The number of aldehydes is 1. The van der Waals surface area contributed by atoms with Crippen molar-refractivity contribution in [1.82, 2.24) is 4.90 Å². The highest BCUT2D eigenvalue weighted by atomic mass is 16.1. The highest BCUT2D eigenvalue weighted by molar-refractivity contribution is 5.71. The number of likely N-dealkylation sites (N-methyl/N-ethyl adjacent to an activating group) is 1. The van der Waals surface area contributed by atoms with Crippen molar-refractivity contribution in [3.63, 3.8) is 0 Å². The number of allylic oxidation sites excluding steroid dienone is 1. The molecule has 0 atom stereocenters. The molecule has 0 spiro atoms. The van der Waals surface area contributed by atoms with Gasteiger partial charge in [0.15, 0.2) is 6.29 Å². The molecule has 44 valence electrons. The molecule has 8 heavy (non-hydrogen) atoms. The van der Waals surface area contributed by atoms with E-state index in [0.29, 0.717) is 12.0 Å². The first kappa shape index (κ1) is 6.95. The van der Waals surface area contributed by atoms with E-state index in [1.165, 1.54) is 6.20 Å². The summed E-state index contributed by atoms with van der Waals surface area (Å²) < 4.78 is 0. The van der Waals surface area contributed by atoms with Crippen LogP contribution in [0.2, 0.25) is 0 Å². The molecule has 0 radical (unpaired) electrons. The molecule has 0 fully saturated rings. The normalized spacial score (nSPS) is 7.62. The predicted octanol–water partition coefficient (Wildman–Crippen LogP) is 0.774. The maximum Gasteiger partial charge on any atom is 0.165 e. The summed E-state index contributed by atoms with van der Waals surface area (Å²) in [5.41, 5.74) is 0.417. The van der Waals surface area contributed by atoms with Gasteiger partial charge >= 0.3 is 0 Å². The molecule has 0 aromatic heterocycles. The average Bonchev–Trinajstić information content (AvgIpc) is 1.84. The van der Waals surface area contributed by atoms with E-state index in [1.54, 1.807) is 11.9 Å². The lowest BCUT2D eigenvalue weighted by Gasteiger charge is -2.08. The van der Waals surface area contributed by atoms with Gasteiger partial charge in [0.05, 0.1) is 5.70 Å². The standard InChI is InChI=1S/C6H9NO/c1-4-7(3)6(2)5-8/h4-5H,1-2H2,3H3. The third kappa shape index (κ3) is 1.60. The fourth-order valence-electron chi connectivity index (χ4n) is 0.200. The summed E-state index contributed by atoms with van der Waals surface area (Å²) in [7, 11) is 1.71. The third-order valence-electron chi connectivity index (χ3n) is 0.863. The first-order chi connectivity index (χ1) is 3.72. The second-order valence-corrected chi connectivity index (χ2v) is 1.40. The lowest BCUT2D eigenvalue weighted by atomic mass is 10.5. The first-order valence-corrected chi connectivity index (χ1v) is 2.22. The molecule has 0 heterocycles. The van der Waals surface area contributed by atoms with Crippen LogP contribution in [0.1, 0.15) is 0 Å². The highest BCUT2D eigenvalue weighted by Crippen LogP contribution is 1.90. The number of hydrogen-bond acceptors (Lipinski definition) is 2. The smallest absolute Gasteiger partial charge is 0.165 e. The SMILES string of the molecule is C=CN(C)C(=C)C=O. The van der Waals surface area contributed by atoms with Gasteiger partial charge in [0.25, 0.3) is 0 Å². The Balaban J connectivity index is 3.80. The van der Waals surface area contributed by atoms with Gasteiger partial charge in [-0.2, -0.15) is 0 Å². The van der Waals surface area contributed by atoms with Crippen molar-refractivity contribution >= 4 is 6.29 Å². The fraction of sp³-hybridized carbons (Fsp3) is 0.167. The molecule has 0 bridgehead atoms. The average molecular weight is 111 g/mol. The maximum atomic E-state index is 9.92. The van der Waals surface area contributed by atoms with Crippen LogP contribution in [-0.2, 0) is 4.79 Å². The van der Waals surface area contributed by atoms with Crippen LogP contribution < -0.4 is 0 Å². The fourth-order valence-corrected chi connectivity index (χ4v) is 0.200. The summed E-state index contributed by atoms with van der Waals surface area (Å²) >= 11 is 0. The summed E-state index contributed by atoms with van der Waals surface area (Å²) in [4.78, 5) is 11.5. The van der Waals surface area contributed by atoms with Gasteiger partial charge < -0.3 is 4.90 Å². The molecule has 0 aliphatic carbocycles. The number of hydrogen-bond donors (Lipinski definition) is 0. The van der Waals surface area contributed by atoms with Crippen molar-refractivity contribution in [3.05, 3.63) is 25.1 Å². The van der Waals surface area contributed by atoms with Crippen molar-refractivity contribution in [2.75, 3.05) is 7.05 Å². The van der Waals surface area contributed by atoms with Gasteiger partial charge in [-0.3, -0.25) is 4.79 Å². The van der Waals surface area contributed by atoms with Gasteiger partial charge in [-0.15, -0.1) is 0 Å². The maximum absolute atomic E-state index is 9.92. The topological polar surface area (TPSA) is 20.3 Å². The Hall–Kier alpha value is -1.05. The number of carbonyl (C=O) groups excluding carboxylic acids is 1. The molecule has 0 amide bonds. The first-order valence-electron chi connectivity index (χ1n) is 2.22. The van der Waals surface area contributed by atoms with Crippen LogP contribution in [0.4, 0.5) is 0 Å². The molecule has 0 rings (SSSR count). The number of nitrogens with zero attached hydrogens (tertiary/aromatic N) is 1. The Labute approximate surface area is 49.1 Å². The van der Waals surface area contributed by atoms with Crippen LogP contribution in [-0.4, -0.2) is 18.2 Å². The molecule has 0 aromatic rings. The molecule has 0 aliphatic rings. The van der Waals surface area contributed by atoms with E-state index in [4.69, 9.17) is 0 Å². The summed E-state index contributed by atoms with van der Waals surface area (Å²) in [5.74, 6) is 0. The Bertz CT molecular complexity index is 118. The molecule has 0 unspecified atom stereocenters. The van der Waals surface area contributed by atoms with E-state index in [9.17, 15) is 4.79 Å². The van der Waals surface area contributed by atoms with Gasteiger partial charge in [-0.25, -0.2) is 0 Å². The Morgan fingerprint density at radius 2 is 2.25 bits per heavy atom. The van der Waals surface area contributed by atoms with Crippen LogP contribution in [0, 0.1) is 0 Å². The molecule has 2 nitrogen and oxygen atoms in total. The number of rotatable bonds is 3. The largest absolute Gasteiger partial charge is 0.350 e. The second-order valence-electron chi connectivity index (χ2n) is 1.40. The molecular weight excluding hydrogens is 102 g/mol. The van der Waals surface area contributed by atoms with Crippen molar-refractivity contribution in [3.8, 4) is 0 Å². The van der Waals surface area contributed by atoms with Crippen LogP contribution in [0.3, 0.4) is 0 Å². The van der Waals surface area contributed by atoms with Crippen LogP contribution in [0.25, 0.3) is 0 Å². The lowest BCUT2D eigenvalue weighted by molar-refractivity contribution is -0.105. The van der Waals surface area contributed by atoms with E-state index >= 15 is 0 Å². The quantitative estimate of drug-likeness (QED) is 0.396. The highest BCUT2D eigenvalue weighted by Gasteiger charge is 1.90. The van der Waals surface area contributed by atoms with E-state index in [1.807, 2.05) is 0 Å². The van der Waals surface area contributed by atoms with E-state index < -0.39 is 0 Å². The van der Waals surface area contributed by atoms with Crippen molar-refractivity contribution in [2.45, 2.75) is 0 Å². The molecular formula is C6H9NO. The number of carbonyl (C=O) groups is 1. The van der Waals surface area contributed by atoms with Crippen molar-refractivity contribution in [1.29, 1.82) is 0 Å². The zero-order valence-electron chi connectivity index (χ0n) is 4.92. The van der Waals surface area contributed by atoms with Gasteiger partial charge in [-0.05, 0) is 6.20 Å². The van der Waals surface area contributed by atoms with Crippen molar-refractivity contribution < 1.29 is 4.79 Å². The van der Waals surface area contributed by atoms with Crippen molar-refractivity contribution in [2.24, 2.45) is 0 Å². The zero-order chi connectivity index (χ0) is 6.57. The Morgan fingerprint density at radius 1 is 1.75 bits per heavy atom. The van der Waals surface area contributed by atoms with Gasteiger partial charge in [0.1, 0.15) is 0 Å². The van der Waals surface area contributed by atoms with Crippen LogP contribution in [0.5, 0.6) is 0 Å². The van der Waals surface area contributed by atoms with Crippen LogP contribution >= 0.6 is 0 Å². The molecule has 0 N–H and O–H groups in total. The zero-order valence-corrected chi connectivity index (χ0v) is 4.92. The van der Waals surface area contributed by atoms with Crippen LogP contribution in [0.15, 0.2) is 25.1 Å². The minimum absolute atomic E-state index is 0.417. The van der Waals surface area contributed by atoms with Gasteiger partial charge in [0, 0.05) is 7.05 Å². The van der Waals surface area contributed by atoms with E-state index in [2.05, 4.69) is 13.2 Å². The summed E-state index contributed by atoms with van der Waals surface area (Å²) in [6.45, 7) is 6.87.